The number of carbonyl (C=O) groups excluding carboxylic acids is 2. The van der Waals surface area contributed by atoms with Gasteiger partial charge < -0.3 is 10.2 Å². The van der Waals surface area contributed by atoms with E-state index in [0.717, 1.165) is 19.3 Å². The van der Waals surface area contributed by atoms with E-state index in [1.165, 1.54) is 18.2 Å². The second kappa shape index (κ2) is 7.21. The van der Waals surface area contributed by atoms with Crippen LogP contribution in [0.5, 0.6) is 0 Å². The second-order valence-electron chi connectivity index (χ2n) is 5.69. The van der Waals surface area contributed by atoms with Crippen molar-refractivity contribution in [2.24, 2.45) is 0 Å². The van der Waals surface area contributed by atoms with E-state index in [0.29, 0.717) is 13.1 Å². The number of pyridine rings is 1. The molecule has 0 saturated carbocycles. The number of piperidine rings is 1. The number of hydrogen-bond donors (Lipinski definition) is 1. The number of rotatable bonds is 3. The molecule has 0 bridgehead atoms. The van der Waals surface area contributed by atoms with Gasteiger partial charge in [-0.05, 0) is 43.5 Å². The lowest BCUT2D eigenvalue weighted by atomic mass is 10.1. The number of amides is 2. The first kappa shape index (κ1) is 16.1. The molecule has 0 radical (unpaired) electrons. The summed E-state index contributed by atoms with van der Waals surface area (Å²) in [4.78, 5) is 30.6. The van der Waals surface area contributed by atoms with Gasteiger partial charge in [-0.2, -0.15) is 0 Å². The summed E-state index contributed by atoms with van der Waals surface area (Å²) in [5, 5.41) is 2.47. The van der Waals surface area contributed by atoms with Gasteiger partial charge in [-0.1, -0.05) is 18.2 Å². The molecule has 5 nitrogen and oxygen atoms in total. The van der Waals surface area contributed by atoms with Crippen LogP contribution in [0.25, 0.3) is 0 Å². The lowest BCUT2D eigenvalue weighted by molar-refractivity contribution is 0.0718. The van der Waals surface area contributed by atoms with E-state index < -0.39 is 11.7 Å². The van der Waals surface area contributed by atoms with E-state index in [2.05, 4.69) is 10.3 Å². The fraction of sp³-hybridized carbons (Fsp3) is 0.278. The SMILES string of the molecule is O=C(Nc1ccccc1F)c1cccc(C(=O)N2CCCCC2)n1. The van der Waals surface area contributed by atoms with Crippen LogP contribution in [-0.2, 0) is 0 Å². The number of carbonyl (C=O) groups is 2. The first-order valence-corrected chi connectivity index (χ1v) is 7.97. The maximum absolute atomic E-state index is 13.6. The molecule has 1 fully saturated rings. The number of halogens is 1. The number of nitrogens with zero attached hydrogens (tertiary/aromatic N) is 2. The summed E-state index contributed by atoms with van der Waals surface area (Å²) in [6.45, 7) is 1.43. The predicted octanol–water partition coefficient (Wildman–Crippen LogP) is 3.10. The van der Waals surface area contributed by atoms with Crippen molar-refractivity contribution in [3.63, 3.8) is 0 Å². The molecule has 1 aliphatic rings. The van der Waals surface area contributed by atoms with Gasteiger partial charge >= 0.3 is 0 Å². The van der Waals surface area contributed by atoms with Crippen molar-refractivity contribution >= 4 is 17.5 Å². The normalized spacial score (nSPS) is 14.3. The van der Waals surface area contributed by atoms with Crippen LogP contribution in [0.1, 0.15) is 40.2 Å². The standard InChI is InChI=1S/C18H18FN3O2/c19-13-7-2-3-8-14(13)21-17(23)15-9-6-10-16(20-15)18(24)22-11-4-1-5-12-22/h2-3,6-10H,1,4-5,11-12H2,(H,21,23). The molecule has 1 aliphatic heterocycles. The van der Waals surface area contributed by atoms with E-state index in [9.17, 15) is 14.0 Å². The van der Waals surface area contributed by atoms with Crippen LogP contribution in [0.3, 0.4) is 0 Å². The Bertz CT molecular complexity index is 757. The van der Waals surface area contributed by atoms with Crippen molar-refractivity contribution in [3.05, 3.63) is 59.7 Å². The molecule has 124 valence electrons. The third kappa shape index (κ3) is 3.59. The second-order valence-corrected chi connectivity index (χ2v) is 5.69. The summed E-state index contributed by atoms with van der Waals surface area (Å²) >= 11 is 0. The Labute approximate surface area is 139 Å². The van der Waals surface area contributed by atoms with Gasteiger partial charge in [0.1, 0.15) is 17.2 Å². The highest BCUT2D eigenvalue weighted by atomic mass is 19.1. The molecular formula is C18H18FN3O2. The van der Waals surface area contributed by atoms with Gasteiger partial charge in [0.05, 0.1) is 5.69 Å². The topological polar surface area (TPSA) is 62.3 Å². The summed E-state index contributed by atoms with van der Waals surface area (Å²) < 4.78 is 13.6. The van der Waals surface area contributed by atoms with E-state index in [-0.39, 0.29) is 23.0 Å². The summed E-state index contributed by atoms with van der Waals surface area (Å²) in [5.74, 6) is -1.24. The molecule has 0 aliphatic carbocycles. The Morgan fingerprint density at radius 1 is 0.958 bits per heavy atom. The molecule has 1 aromatic carbocycles. The van der Waals surface area contributed by atoms with Crippen molar-refractivity contribution in [1.29, 1.82) is 0 Å². The van der Waals surface area contributed by atoms with Crippen LogP contribution >= 0.6 is 0 Å². The zero-order chi connectivity index (χ0) is 16.9. The Morgan fingerprint density at radius 3 is 2.42 bits per heavy atom. The average molecular weight is 327 g/mol. The zero-order valence-electron chi connectivity index (χ0n) is 13.2. The van der Waals surface area contributed by atoms with Gasteiger partial charge in [0.25, 0.3) is 11.8 Å². The molecule has 0 unspecified atom stereocenters. The molecule has 1 N–H and O–H groups in total. The molecule has 6 heteroatoms. The molecule has 2 amide bonds. The summed E-state index contributed by atoms with van der Waals surface area (Å²) in [7, 11) is 0. The van der Waals surface area contributed by atoms with E-state index in [4.69, 9.17) is 0 Å². The number of hydrogen-bond acceptors (Lipinski definition) is 3. The zero-order valence-corrected chi connectivity index (χ0v) is 13.2. The number of likely N-dealkylation sites (tertiary alicyclic amines) is 1. The van der Waals surface area contributed by atoms with E-state index in [1.807, 2.05) is 0 Å². The molecular weight excluding hydrogens is 309 g/mol. The highest BCUT2D eigenvalue weighted by Gasteiger charge is 2.20. The molecule has 0 spiro atoms. The quantitative estimate of drug-likeness (QED) is 0.942. The Morgan fingerprint density at radius 2 is 1.67 bits per heavy atom. The van der Waals surface area contributed by atoms with Gasteiger partial charge in [-0.15, -0.1) is 0 Å². The Kier molecular flexibility index (Phi) is 4.84. The minimum Gasteiger partial charge on any atom is -0.337 e. The lowest BCUT2D eigenvalue weighted by Gasteiger charge is -2.26. The van der Waals surface area contributed by atoms with Crippen LogP contribution in [0.15, 0.2) is 42.5 Å². The van der Waals surface area contributed by atoms with Gasteiger partial charge in [0, 0.05) is 13.1 Å². The highest BCUT2D eigenvalue weighted by Crippen LogP contribution is 2.15. The van der Waals surface area contributed by atoms with Crippen LogP contribution in [0, 0.1) is 5.82 Å². The number of para-hydroxylation sites is 1. The average Bonchev–Trinajstić information content (AvgIpc) is 2.64. The van der Waals surface area contributed by atoms with Crippen LogP contribution in [0.4, 0.5) is 10.1 Å². The molecule has 2 aromatic rings. The monoisotopic (exact) mass is 327 g/mol. The number of anilines is 1. The summed E-state index contributed by atoms with van der Waals surface area (Å²) in [5.41, 5.74) is 0.399. The lowest BCUT2D eigenvalue weighted by Crippen LogP contribution is -2.36. The van der Waals surface area contributed by atoms with Crippen LogP contribution < -0.4 is 5.32 Å². The molecule has 1 aromatic heterocycles. The first-order valence-electron chi connectivity index (χ1n) is 7.97. The number of aromatic nitrogens is 1. The maximum Gasteiger partial charge on any atom is 0.274 e. The summed E-state index contributed by atoms with van der Waals surface area (Å²) in [6.07, 6.45) is 3.10. The number of benzene rings is 1. The molecule has 1 saturated heterocycles. The van der Waals surface area contributed by atoms with E-state index >= 15 is 0 Å². The van der Waals surface area contributed by atoms with Crippen molar-refractivity contribution < 1.29 is 14.0 Å². The fourth-order valence-electron chi connectivity index (χ4n) is 2.69. The Hall–Kier alpha value is -2.76. The molecule has 24 heavy (non-hydrogen) atoms. The predicted molar refractivity (Wildman–Crippen MR) is 88.3 cm³/mol. The molecule has 2 heterocycles. The number of nitrogens with one attached hydrogen (secondary N) is 1. The maximum atomic E-state index is 13.6. The van der Waals surface area contributed by atoms with Crippen molar-refractivity contribution in [2.45, 2.75) is 19.3 Å². The van der Waals surface area contributed by atoms with Crippen molar-refractivity contribution in [2.75, 3.05) is 18.4 Å². The van der Waals surface area contributed by atoms with Gasteiger partial charge in [0.15, 0.2) is 0 Å². The smallest absolute Gasteiger partial charge is 0.274 e. The van der Waals surface area contributed by atoms with Crippen molar-refractivity contribution in [3.8, 4) is 0 Å². The fourth-order valence-corrected chi connectivity index (χ4v) is 2.69. The van der Waals surface area contributed by atoms with Gasteiger partial charge in [-0.25, -0.2) is 9.37 Å². The van der Waals surface area contributed by atoms with E-state index in [1.54, 1.807) is 29.2 Å². The van der Waals surface area contributed by atoms with Crippen molar-refractivity contribution in [1.82, 2.24) is 9.88 Å². The molecule has 3 rings (SSSR count). The third-order valence-corrected chi connectivity index (χ3v) is 3.97. The highest BCUT2D eigenvalue weighted by molar-refractivity contribution is 6.03. The molecule has 0 atom stereocenters. The minimum atomic E-state index is -0.548. The third-order valence-electron chi connectivity index (χ3n) is 3.97. The van der Waals surface area contributed by atoms with Crippen LogP contribution in [-0.4, -0.2) is 34.8 Å². The summed E-state index contributed by atoms with van der Waals surface area (Å²) in [6, 6.07) is 10.6. The van der Waals surface area contributed by atoms with Gasteiger partial charge in [0.2, 0.25) is 0 Å². The minimum absolute atomic E-state index is 0.0806. The Balaban J connectivity index is 1.76. The van der Waals surface area contributed by atoms with Crippen LogP contribution in [0.2, 0.25) is 0 Å². The first-order chi connectivity index (χ1) is 11.6. The van der Waals surface area contributed by atoms with Gasteiger partial charge in [-0.3, -0.25) is 9.59 Å². The largest absolute Gasteiger partial charge is 0.337 e.